The van der Waals surface area contributed by atoms with Gasteiger partial charge in [-0.25, -0.2) is 13.8 Å². The molecule has 0 aliphatic heterocycles. The summed E-state index contributed by atoms with van der Waals surface area (Å²) in [5.41, 5.74) is 7.27. The number of halogens is 4. The largest absolute Gasteiger partial charge is 0.397 e. The maximum Gasteiger partial charge on any atom is 0.161 e. The van der Waals surface area contributed by atoms with Crippen LogP contribution < -0.4 is 5.73 Å². The molecule has 3 nitrogen and oxygen atoms in total. The summed E-state index contributed by atoms with van der Waals surface area (Å²) in [6.07, 6.45) is 0. The Morgan fingerprint density at radius 1 is 1.05 bits per heavy atom. The number of aromatic amines is 1. The number of aromatic nitrogens is 2. The Labute approximate surface area is 122 Å². The molecule has 20 heavy (non-hydrogen) atoms. The van der Waals surface area contributed by atoms with Gasteiger partial charge in [0.05, 0.1) is 21.7 Å². The predicted octanol–water partition coefficient (Wildman–Crippen LogP) is 4.40. The standard InChI is InChI=1S/C13H7Cl2F2N3/c14-5-1-6(12(18)7(15)2-5)13-19-10-3-8(16)9(17)4-11(10)20-13/h1-4H,18H2,(H,19,20). The maximum absolute atomic E-state index is 13.2. The van der Waals surface area contributed by atoms with Crippen LogP contribution in [-0.4, -0.2) is 9.97 Å². The molecule has 0 aliphatic rings. The van der Waals surface area contributed by atoms with E-state index in [-0.39, 0.29) is 16.2 Å². The van der Waals surface area contributed by atoms with Gasteiger partial charge in [0, 0.05) is 22.7 Å². The first-order valence-electron chi connectivity index (χ1n) is 5.55. The molecule has 1 heterocycles. The molecule has 0 bridgehead atoms. The number of nitrogen functional groups attached to an aromatic ring is 1. The summed E-state index contributed by atoms with van der Waals surface area (Å²) < 4.78 is 26.4. The number of hydrogen-bond donors (Lipinski definition) is 2. The van der Waals surface area contributed by atoms with Crippen molar-refractivity contribution in [1.29, 1.82) is 0 Å². The zero-order chi connectivity index (χ0) is 14.4. The van der Waals surface area contributed by atoms with E-state index in [4.69, 9.17) is 28.9 Å². The lowest BCUT2D eigenvalue weighted by Crippen LogP contribution is -1.92. The molecule has 0 spiro atoms. The summed E-state index contributed by atoms with van der Waals surface area (Å²) >= 11 is 11.9. The van der Waals surface area contributed by atoms with Crippen LogP contribution in [0.25, 0.3) is 22.4 Å². The van der Waals surface area contributed by atoms with Crippen molar-refractivity contribution in [1.82, 2.24) is 9.97 Å². The number of fused-ring (bicyclic) bond motifs is 1. The van der Waals surface area contributed by atoms with Gasteiger partial charge in [-0.15, -0.1) is 0 Å². The third kappa shape index (κ3) is 2.09. The Kier molecular flexibility index (Phi) is 3.03. The second kappa shape index (κ2) is 4.61. The van der Waals surface area contributed by atoms with Gasteiger partial charge in [0.25, 0.3) is 0 Å². The van der Waals surface area contributed by atoms with E-state index in [0.29, 0.717) is 21.9 Å². The van der Waals surface area contributed by atoms with Crippen LogP contribution in [0.5, 0.6) is 0 Å². The minimum Gasteiger partial charge on any atom is -0.397 e. The minimum atomic E-state index is -0.965. The van der Waals surface area contributed by atoms with E-state index >= 15 is 0 Å². The summed E-state index contributed by atoms with van der Waals surface area (Å²) in [6, 6.07) is 5.12. The third-order valence-corrected chi connectivity index (χ3v) is 3.40. The highest BCUT2D eigenvalue weighted by Gasteiger charge is 2.14. The molecule has 0 radical (unpaired) electrons. The molecular formula is C13H7Cl2F2N3. The molecule has 0 saturated carbocycles. The van der Waals surface area contributed by atoms with E-state index in [1.54, 1.807) is 6.07 Å². The molecule has 0 unspecified atom stereocenters. The van der Waals surface area contributed by atoms with Gasteiger partial charge in [0.1, 0.15) is 5.82 Å². The Morgan fingerprint density at radius 3 is 2.50 bits per heavy atom. The van der Waals surface area contributed by atoms with E-state index in [1.807, 2.05) is 0 Å². The quantitative estimate of drug-likeness (QED) is 0.654. The van der Waals surface area contributed by atoms with Crippen LogP contribution in [0, 0.1) is 11.6 Å². The SMILES string of the molecule is Nc1c(Cl)cc(Cl)cc1-c1nc2cc(F)c(F)cc2[nH]1. The van der Waals surface area contributed by atoms with Crippen LogP contribution in [0.2, 0.25) is 10.0 Å². The second-order valence-electron chi connectivity index (χ2n) is 4.22. The zero-order valence-electron chi connectivity index (χ0n) is 9.85. The second-order valence-corrected chi connectivity index (χ2v) is 5.06. The van der Waals surface area contributed by atoms with E-state index < -0.39 is 11.6 Å². The Hall–Kier alpha value is -1.85. The van der Waals surface area contributed by atoms with Gasteiger partial charge < -0.3 is 10.7 Å². The number of anilines is 1. The summed E-state index contributed by atoms with van der Waals surface area (Å²) in [5.74, 6) is -1.58. The molecule has 3 rings (SSSR count). The first kappa shape index (κ1) is 13.1. The van der Waals surface area contributed by atoms with Gasteiger partial charge in [0.15, 0.2) is 11.6 Å². The molecule has 0 saturated heterocycles. The van der Waals surface area contributed by atoms with Gasteiger partial charge in [0.2, 0.25) is 0 Å². The molecule has 7 heteroatoms. The fraction of sp³-hybridized carbons (Fsp3) is 0. The van der Waals surface area contributed by atoms with Crippen LogP contribution in [-0.2, 0) is 0 Å². The number of hydrogen-bond acceptors (Lipinski definition) is 2. The van der Waals surface area contributed by atoms with Crippen LogP contribution in [0.3, 0.4) is 0 Å². The lowest BCUT2D eigenvalue weighted by atomic mass is 10.1. The molecule has 0 aliphatic carbocycles. The number of imidazole rings is 1. The van der Waals surface area contributed by atoms with Crippen molar-refractivity contribution in [3.8, 4) is 11.4 Å². The van der Waals surface area contributed by atoms with Gasteiger partial charge in [-0.05, 0) is 12.1 Å². The van der Waals surface area contributed by atoms with Gasteiger partial charge in [-0.2, -0.15) is 0 Å². The normalized spacial score (nSPS) is 11.2. The zero-order valence-corrected chi connectivity index (χ0v) is 11.4. The van der Waals surface area contributed by atoms with Crippen LogP contribution >= 0.6 is 23.2 Å². The fourth-order valence-electron chi connectivity index (χ4n) is 1.91. The van der Waals surface area contributed by atoms with Gasteiger partial charge >= 0.3 is 0 Å². The predicted molar refractivity (Wildman–Crippen MR) is 75.9 cm³/mol. The molecular weight excluding hydrogens is 307 g/mol. The number of nitrogens with one attached hydrogen (secondary N) is 1. The first-order chi connectivity index (χ1) is 9.45. The summed E-state index contributed by atoms with van der Waals surface area (Å²) in [5, 5.41) is 0.669. The number of benzene rings is 2. The first-order valence-corrected chi connectivity index (χ1v) is 6.31. The number of H-pyrrole nitrogens is 1. The molecule has 1 aromatic heterocycles. The smallest absolute Gasteiger partial charge is 0.161 e. The van der Waals surface area contributed by atoms with Crippen molar-refractivity contribution < 1.29 is 8.78 Å². The molecule has 0 atom stereocenters. The average molecular weight is 314 g/mol. The number of nitrogens with two attached hydrogens (primary N) is 1. The molecule has 2 aromatic carbocycles. The van der Waals surface area contributed by atoms with E-state index in [9.17, 15) is 8.78 Å². The van der Waals surface area contributed by atoms with E-state index in [0.717, 1.165) is 12.1 Å². The molecule has 102 valence electrons. The molecule has 3 N–H and O–H groups in total. The Balaban J connectivity index is 2.25. The van der Waals surface area contributed by atoms with Crippen LogP contribution in [0.15, 0.2) is 24.3 Å². The van der Waals surface area contributed by atoms with E-state index in [2.05, 4.69) is 9.97 Å². The highest BCUT2D eigenvalue weighted by atomic mass is 35.5. The number of rotatable bonds is 1. The van der Waals surface area contributed by atoms with Crippen molar-refractivity contribution in [3.05, 3.63) is 45.9 Å². The minimum absolute atomic E-state index is 0.283. The van der Waals surface area contributed by atoms with Gasteiger partial charge in [-0.3, -0.25) is 0 Å². The summed E-state index contributed by atoms with van der Waals surface area (Å²) in [7, 11) is 0. The lowest BCUT2D eigenvalue weighted by molar-refractivity contribution is 0.510. The van der Waals surface area contributed by atoms with Crippen LogP contribution in [0.4, 0.5) is 14.5 Å². The highest BCUT2D eigenvalue weighted by molar-refractivity contribution is 6.37. The van der Waals surface area contributed by atoms with Crippen molar-refractivity contribution in [3.63, 3.8) is 0 Å². The number of nitrogens with zero attached hydrogens (tertiary/aromatic N) is 1. The topological polar surface area (TPSA) is 54.7 Å². The lowest BCUT2D eigenvalue weighted by Gasteiger charge is -2.05. The van der Waals surface area contributed by atoms with E-state index in [1.165, 1.54) is 6.07 Å². The highest BCUT2D eigenvalue weighted by Crippen LogP contribution is 2.34. The summed E-state index contributed by atoms with van der Waals surface area (Å²) in [4.78, 5) is 7.03. The van der Waals surface area contributed by atoms with Crippen molar-refractivity contribution in [2.24, 2.45) is 0 Å². The monoisotopic (exact) mass is 313 g/mol. The molecule has 3 aromatic rings. The van der Waals surface area contributed by atoms with Crippen molar-refractivity contribution >= 4 is 39.9 Å². The molecule has 0 fully saturated rings. The summed E-state index contributed by atoms with van der Waals surface area (Å²) in [6.45, 7) is 0. The fourth-order valence-corrected chi connectivity index (χ4v) is 2.41. The third-order valence-electron chi connectivity index (χ3n) is 2.87. The van der Waals surface area contributed by atoms with Crippen molar-refractivity contribution in [2.75, 3.05) is 5.73 Å². The Morgan fingerprint density at radius 2 is 1.75 bits per heavy atom. The Bertz CT molecular complexity index is 791. The van der Waals surface area contributed by atoms with Crippen molar-refractivity contribution in [2.45, 2.75) is 0 Å². The molecule has 0 amide bonds. The van der Waals surface area contributed by atoms with Gasteiger partial charge in [-0.1, -0.05) is 23.2 Å². The van der Waals surface area contributed by atoms with Crippen LogP contribution in [0.1, 0.15) is 0 Å². The average Bonchev–Trinajstić information content (AvgIpc) is 2.77. The maximum atomic E-state index is 13.2.